The van der Waals surface area contributed by atoms with Crippen molar-refractivity contribution in [3.63, 3.8) is 0 Å². The number of nitro benzene ring substituents is 1. The number of hydrogen-bond acceptors (Lipinski definition) is 5. The van der Waals surface area contributed by atoms with Crippen LogP contribution >= 0.6 is 11.3 Å². The number of nitro groups is 1. The minimum absolute atomic E-state index is 0.0959. The number of nitrogens with zero attached hydrogens (tertiary/aromatic N) is 1. The third-order valence-corrected chi connectivity index (χ3v) is 4.46. The fourth-order valence-electron chi connectivity index (χ4n) is 2.16. The maximum Gasteiger partial charge on any atom is 0.279 e. The predicted octanol–water partition coefficient (Wildman–Crippen LogP) is 2.99. The van der Waals surface area contributed by atoms with E-state index in [1.54, 1.807) is 0 Å². The van der Waals surface area contributed by atoms with E-state index in [4.69, 9.17) is 0 Å². The lowest BCUT2D eigenvalue weighted by atomic mass is 10.1. The lowest BCUT2D eigenvalue weighted by molar-refractivity contribution is -0.384. The van der Waals surface area contributed by atoms with Crippen LogP contribution < -0.4 is 10.9 Å². The van der Waals surface area contributed by atoms with Crippen molar-refractivity contribution in [3.8, 4) is 0 Å². The Morgan fingerprint density at radius 2 is 1.92 bits per heavy atom. The van der Waals surface area contributed by atoms with Crippen LogP contribution in [0.25, 0.3) is 0 Å². The molecule has 1 aromatic carbocycles. The second-order valence-electron chi connectivity index (χ2n) is 5.16. The number of aryl methyl sites for hydroxylation is 2. The highest BCUT2D eigenvalue weighted by Gasteiger charge is 2.15. The van der Waals surface area contributed by atoms with Gasteiger partial charge in [-0.05, 0) is 31.0 Å². The molecule has 126 valence electrons. The first-order chi connectivity index (χ1) is 11.4. The molecule has 2 rings (SSSR count). The van der Waals surface area contributed by atoms with Crippen LogP contribution in [0.15, 0.2) is 30.3 Å². The maximum atomic E-state index is 12.1. The van der Waals surface area contributed by atoms with E-state index in [-0.39, 0.29) is 11.3 Å². The van der Waals surface area contributed by atoms with Crippen molar-refractivity contribution in [1.29, 1.82) is 0 Å². The van der Waals surface area contributed by atoms with Crippen LogP contribution in [0, 0.1) is 17.0 Å². The molecule has 2 N–H and O–H groups in total. The summed E-state index contributed by atoms with van der Waals surface area (Å²) in [4.78, 5) is 35.8. The van der Waals surface area contributed by atoms with Crippen LogP contribution in [0.1, 0.15) is 43.8 Å². The Morgan fingerprint density at radius 3 is 2.58 bits per heavy atom. The molecule has 0 aliphatic heterocycles. The van der Waals surface area contributed by atoms with Crippen molar-refractivity contribution in [2.24, 2.45) is 0 Å². The molecule has 0 spiro atoms. The number of thiophene rings is 1. The molecule has 0 atom stereocenters. The summed E-state index contributed by atoms with van der Waals surface area (Å²) in [5.41, 5.74) is 5.63. The van der Waals surface area contributed by atoms with Crippen LogP contribution in [-0.4, -0.2) is 16.7 Å². The Morgan fingerprint density at radius 1 is 1.21 bits per heavy atom. The van der Waals surface area contributed by atoms with Gasteiger partial charge in [0, 0.05) is 22.6 Å². The molecule has 7 nitrogen and oxygen atoms in total. The number of non-ortho nitro benzene ring substituents is 1. The van der Waals surface area contributed by atoms with Crippen molar-refractivity contribution in [2.45, 2.75) is 26.7 Å². The summed E-state index contributed by atoms with van der Waals surface area (Å²) in [6, 6.07) is 7.10. The van der Waals surface area contributed by atoms with Gasteiger partial charge in [-0.3, -0.25) is 30.6 Å². The van der Waals surface area contributed by atoms with E-state index < -0.39 is 16.7 Å². The summed E-state index contributed by atoms with van der Waals surface area (Å²) >= 11 is 1.36. The number of carbonyl (C=O) groups excluding carboxylic acids is 2. The van der Waals surface area contributed by atoms with Gasteiger partial charge in [0.05, 0.1) is 9.80 Å². The average molecular weight is 347 g/mol. The molecule has 0 unspecified atom stereocenters. The Kier molecular flexibility index (Phi) is 5.64. The third-order valence-electron chi connectivity index (χ3n) is 3.37. The highest BCUT2D eigenvalue weighted by Crippen LogP contribution is 2.22. The van der Waals surface area contributed by atoms with Crippen LogP contribution in [-0.2, 0) is 6.42 Å². The van der Waals surface area contributed by atoms with Crippen LogP contribution in [0.4, 0.5) is 5.69 Å². The standard InChI is InChI=1S/C16H17N3O4S/c1-3-5-11-9-14(24-10(11)2)16(21)18-17-15(20)12-6-4-7-13(8-12)19(22)23/h4,6-9H,3,5H2,1-2H3,(H,17,20)(H,18,21). The van der Waals surface area contributed by atoms with Crippen LogP contribution in [0.3, 0.4) is 0 Å². The van der Waals surface area contributed by atoms with Gasteiger partial charge in [-0.1, -0.05) is 19.4 Å². The number of carbonyl (C=O) groups is 2. The summed E-state index contributed by atoms with van der Waals surface area (Å²) < 4.78 is 0. The maximum absolute atomic E-state index is 12.1. The minimum atomic E-state index is -0.617. The zero-order valence-corrected chi connectivity index (χ0v) is 14.1. The van der Waals surface area contributed by atoms with E-state index in [0.717, 1.165) is 29.3 Å². The van der Waals surface area contributed by atoms with Crippen molar-refractivity contribution < 1.29 is 14.5 Å². The van der Waals surface area contributed by atoms with Crippen molar-refractivity contribution in [3.05, 3.63) is 61.3 Å². The lowest BCUT2D eigenvalue weighted by Crippen LogP contribution is -2.41. The second-order valence-corrected chi connectivity index (χ2v) is 6.41. The molecule has 0 radical (unpaired) electrons. The molecule has 1 aromatic heterocycles. The largest absolute Gasteiger partial charge is 0.279 e. The molecule has 0 aliphatic carbocycles. The normalized spacial score (nSPS) is 10.2. The van der Waals surface area contributed by atoms with Crippen molar-refractivity contribution in [2.75, 3.05) is 0 Å². The summed E-state index contributed by atoms with van der Waals surface area (Å²) in [7, 11) is 0. The minimum Gasteiger partial charge on any atom is -0.267 e. The Labute approximate surface area is 142 Å². The quantitative estimate of drug-likeness (QED) is 0.641. The second kappa shape index (κ2) is 7.69. The highest BCUT2D eigenvalue weighted by atomic mass is 32.1. The number of rotatable bonds is 5. The van der Waals surface area contributed by atoms with Crippen molar-refractivity contribution >= 4 is 28.8 Å². The molecule has 0 bridgehead atoms. The summed E-state index contributed by atoms with van der Waals surface area (Å²) in [5.74, 6) is -1.03. The van der Waals surface area contributed by atoms with Crippen LogP contribution in [0.5, 0.6) is 0 Å². The molecule has 0 fully saturated rings. The predicted molar refractivity (Wildman–Crippen MR) is 91.1 cm³/mol. The number of nitrogens with one attached hydrogen (secondary N) is 2. The number of hydrogen-bond donors (Lipinski definition) is 2. The molecular formula is C16H17N3O4S. The van der Waals surface area contributed by atoms with E-state index in [0.29, 0.717) is 4.88 Å². The fourth-order valence-corrected chi connectivity index (χ4v) is 3.12. The number of benzene rings is 1. The van der Waals surface area contributed by atoms with Gasteiger partial charge >= 0.3 is 0 Å². The summed E-state index contributed by atoms with van der Waals surface area (Å²) in [6.45, 7) is 4.02. The zero-order chi connectivity index (χ0) is 17.7. The summed E-state index contributed by atoms with van der Waals surface area (Å²) in [5, 5.41) is 10.7. The Hall–Kier alpha value is -2.74. The van der Waals surface area contributed by atoms with Gasteiger partial charge in [0.2, 0.25) is 0 Å². The molecule has 8 heteroatoms. The SMILES string of the molecule is CCCc1cc(C(=O)NNC(=O)c2cccc([N+](=O)[O-])c2)sc1C. The topological polar surface area (TPSA) is 101 Å². The molecule has 1 heterocycles. The van der Waals surface area contributed by atoms with E-state index in [2.05, 4.69) is 17.8 Å². The van der Waals surface area contributed by atoms with Gasteiger partial charge in [0.15, 0.2) is 0 Å². The smallest absolute Gasteiger partial charge is 0.267 e. The first kappa shape index (κ1) is 17.6. The highest BCUT2D eigenvalue weighted by molar-refractivity contribution is 7.14. The van der Waals surface area contributed by atoms with E-state index >= 15 is 0 Å². The third kappa shape index (κ3) is 4.17. The number of amides is 2. The first-order valence-electron chi connectivity index (χ1n) is 7.36. The summed E-state index contributed by atoms with van der Waals surface area (Å²) in [6.07, 6.45) is 1.89. The fraction of sp³-hybridized carbons (Fsp3) is 0.250. The van der Waals surface area contributed by atoms with Crippen LogP contribution in [0.2, 0.25) is 0 Å². The molecule has 24 heavy (non-hydrogen) atoms. The van der Waals surface area contributed by atoms with Gasteiger partial charge in [-0.2, -0.15) is 0 Å². The molecule has 0 aliphatic rings. The molecular weight excluding hydrogens is 330 g/mol. The van der Waals surface area contributed by atoms with Gasteiger partial charge in [0.1, 0.15) is 0 Å². The van der Waals surface area contributed by atoms with Gasteiger partial charge in [0.25, 0.3) is 17.5 Å². The molecule has 0 saturated carbocycles. The zero-order valence-electron chi connectivity index (χ0n) is 13.3. The monoisotopic (exact) mass is 347 g/mol. The Balaban J connectivity index is 2.01. The average Bonchev–Trinajstić information content (AvgIpc) is 2.94. The number of hydrazine groups is 1. The van der Waals surface area contributed by atoms with Gasteiger partial charge in [-0.15, -0.1) is 11.3 Å². The first-order valence-corrected chi connectivity index (χ1v) is 8.18. The van der Waals surface area contributed by atoms with Gasteiger partial charge < -0.3 is 0 Å². The van der Waals surface area contributed by atoms with E-state index in [1.807, 2.05) is 13.0 Å². The molecule has 0 saturated heterocycles. The molecule has 2 amide bonds. The lowest BCUT2D eigenvalue weighted by Gasteiger charge is -2.06. The van der Waals surface area contributed by atoms with Crippen molar-refractivity contribution in [1.82, 2.24) is 10.9 Å². The van der Waals surface area contributed by atoms with Gasteiger partial charge in [-0.25, -0.2) is 0 Å². The Bertz CT molecular complexity index is 785. The van der Waals surface area contributed by atoms with E-state index in [9.17, 15) is 19.7 Å². The van der Waals surface area contributed by atoms with E-state index in [1.165, 1.54) is 29.5 Å². The molecule has 2 aromatic rings.